The summed E-state index contributed by atoms with van der Waals surface area (Å²) in [5, 5.41) is 3.44. The highest BCUT2D eigenvalue weighted by Gasteiger charge is 2.35. The number of anilines is 1. The van der Waals surface area contributed by atoms with Crippen LogP contribution in [0.15, 0.2) is 72.8 Å². The van der Waals surface area contributed by atoms with E-state index in [0.717, 1.165) is 32.6 Å². The molecule has 1 N–H and O–H groups in total. The van der Waals surface area contributed by atoms with Crippen molar-refractivity contribution in [3.8, 4) is 0 Å². The predicted octanol–water partition coefficient (Wildman–Crippen LogP) is 5.13. The molecule has 0 aliphatic carbocycles. The average Bonchev–Trinajstić information content (AvgIpc) is 2.96. The molecular weight excluding hydrogens is 572 g/mol. The van der Waals surface area contributed by atoms with Gasteiger partial charge in [-0.05, 0) is 54.7 Å². The van der Waals surface area contributed by atoms with Crippen LogP contribution in [0.2, 0.25) is 5.02 Å². The van der Waals surface area contributed by atoms with Crippen LogP contribution in [0, 0.1) is 13.8 Å². The molecule has 0 saturated heterocycles. The van der Waals surface area contributed by atoms with Crippen LogP contribution in [0.4, 0.5) is 5.69 Å². The molecule has 8 nitrogen and oxygen atoms in total. The highest BCUT2D eigenvalue weighted by Crippen LogP contribution is 2.27. The molecule has 0 unspecified atom stereocenters. The van der Waals surface area contributed by atoms with Crippen LogP contribution in [0.5, 0.6) is 0 Å². The quantitative estimate of drug-likeness (QED) is 0.256. The molecule has 0 spiro atoms. The summed E-state index contributed by atoms with van der Waals surface area (Å²) in [7, 11) is -1.21. The van der Waals surface area contributed by atoms with Crippen LogP contribution in [0.3, 0.4) is 0 Å². The van der Waals surface area contributed by atoms with Crippen LogP contribution < -0.4 is 9.62 Å². The summed E-state index contributed by atoms with van der Waals surface area (Å²) in [4.78, 5) is 29.5. The van der Waals surface area contributed by atoms with Gasteiger partial charge in [-0.25, -0.2) is 4.31 Å². The van der Waals surface area contributed by atoms with Crippen molar-refractivity contribution in [2.75, 3.05) is 31.5 Å². The summed E-state index contributed by atoms with van der Waals surface area (Å²) < 4.78 is 29.4. The van der Waals surface area contributed by atoms with Crippen molar-refractivity contribution >= 4 is 39.3 Å². The number of rotatable bonds is 14. The number of nitrogens with zero attached hydrogens (tertiary/aromatic N) is 3. The molecule has 0 aromatic heterocycles. The van der Waals surface area contributed by atoms with Crippen molar-refractivity contribution < 1.29 is 18.0 Å². The molecule has 2 amide bonds. The van der Waals surface area contributed by atoms with E-state index >= 15 is 0 Å². The predicted molar refractivity (Wildman–Crippen MR) is 170 cm³/mol. The van der Waals surface area contributed by atoms with E-state index in [1.807, 2.05) is 62.4 Å². The van der Waals surface area contributed by atoms with Crippen LogP contribution in [-0.2, 0) is 32.8 Å². The number of halogens is 1. The number of nitrogens with one attached hydrogen (secondary N) is 1. The first-order valence-electron chi connectivity index (χ1n) is 14.1. The lowest BCUT2D eigenvalue weighted by Gasteiger charge is -2.35. The van der Waals surface area contributed by atoms with Crippen molar-refractivity contribution in [3.63, 3.8) is 0 Å². The molecule has 10 heteroatoms. The van der Waals surface area contributed by atoms with Crippen molar-refractivity contribution in [2.45, 2.75) is 52.6 Å². The van der Waals surface area contributed by atoms with Crippen molar-refractivity contribution in [1.29, 1.82) is 0 Å². The lowest BCUT2D eigenvalue weighted by molar-refractivity contribution is -0.140. The topological polar surface area (TPSA) is 90.0 Å². The average molecular weight is 613 g/mol. The Bertz CT molecular complexity index is 1460. The molecule has 0 radical (unpaired) electrons. The molecule has 0 aliphatic heterocycles. The van der Waals surface area contributed by atoms with Crippen LogP contribution in [0.1, 0.15) is 42.0 Å². The monoisotopic (exact) mass is 612 g/mol. The molecule has 0 aliphatic rings. The first-order chi connectivity index (χ1) is 19.9. The summed E-state index contributed by atoms with van der Waals surface area (Å²) >= 11 is 6.52. The zero-order chi connectivity index (χ0) is 30.9. The summed E-state index contributed by atoms with van der Waals surface area (Å²) in [5.74, 6) is -0.825. The highest BCUT2D eigenvalue weighted by atomic mass is 35.5. The Morgan fingerprint density at radius 1 is 0.952 bits per heavy atom. The number of aryl methyl sites for hydroxylation is 2. The Morgan fingerprint density at radius 2 is 1.62 bits per heavy atom. The minimum atomic E-state index is -4.07. The number of carbonyl (C=O) groups excluding carboxylic acids is 2. The van der Waals surface area contributed by atoms with E-state index in [-0.39, 0.29) is 18.9 Å². The maximum Gasteiger partial charge on any atom is 0.304 e. The van der Waals surface area contributed by atoms with Crippen LogP contribution in [-0.4, -0.2) is 62.7 Å². The first-order valence-corrected chi connectivity index (χ1v) is 15.8. The maximum atomic E-state index is 14.4. The molecule has 3 aromatic rings. The second-order valence-corrected chi connectivity index (χ2v) is 13.0. The number of unbranched alkanes of at least 4 members (excludes halogenated alkanes) is 1. The third kappa shape index (κ3) is 8.56. The Morgan fingerprint density at radius 3 is 2.26 bits per heavy atom. The largest absolute Gasteiger partial charge is 0.354 e. The lowest BCUT2D eigenvalue weighted by Crippen LogP contribution is -2.54. The van der Waals surface area contributed by atoms with Crippen LogP contribution in [0.25, 0.3) is 0 Å². The minimum Gasteiger partial charge on any atom is -0.354 e. The van der Waals surface area contributed by atoms with Gasteiger partial charge in [0, 0.05) is 38.6 Å². The summed E-state index contributed by atoms with van der Waals surface area (Å²) in [6, 6.07) is 21.2. The number of carbonyl (C=O) groups is 2. The molecule has 226 valence electrons. The third-order valence-corrected chi connectivity index (χ3v) is 9.23. The molecule has 0 bridgehead atoms. The van der Waals surface area contributed by atoms with Gasteiger partial charge < -0.3 is 10.2 Å². The summed E-state index contributed by atoms with van der Waals surface area (Å²) in [5.41, 5.74) is 3.49. The van der Waals surface area contributed by atoms with Gasteiger partial charge in [-0.15, -0.1) is 0 Å². The van der Waals surface area contributed by atoms with Crippen molar-refractivity contribution in [2.24, 2.45) is 0 Å². The van der Waals surface area contributed by atoms with E-state index in [1.54, 1.807) is 31.2 Å². The van der Waals surface area contributed by atoms with E-state index in [4.69, 9.17) is 11.6 Å². The fourth-order valence-corrected chi connectivity index (χ4v) is 5.87. The Labute approximate surface area is 255 Å². The fourth-order valence-electron chi connectivity index (χ4n) is 4.56. The standard InChI is InChI=1S/C32H41ClN4O4S/c1-6-7-19-34-32(39)30(21-26-13-9-8-10-14-26)36(22-27-15-11-12-16-28(27)33)31(38)23-37(42(40,41)35(4)5)29-20-24(2)17-18-25(29)3/h8-18,20,30H,6-7,19,21-23H2,1-5H3,(H,34,39)/t30-/m0/s1. The van der Waals surface area contributed by atoms with Gasteiger partial charge in [-0.2, -0.15) is 12.7 Å². The van der Waals surface area contributed by atoms with Gasteiger partial charge in [0.15, 0.2) is 0 Å². The van der Waals surface area contributed by atoms with Gasteiger partial charge in [0.2, 0.25) is 11.8 Å². The second-order valence-electron chi connectivity index (χ2n) is 10.5. The lowest BCUT2D eigenvalue weighted by atomic mass is 10.0. The first kappa shape index (κ1) is 33.1. The van der Waals surface area contributed by atoms with Gasteiger partial charge >= 0.3 is 10.2 Å². The Kier molecular flexibility index (Phi) is 12.0. The molecule has 3 rings (SSSR count). The SMILES string of the molecule is CCCCNC(=O)[C@H](Cc1ccccc1)N(Cc1ccccc1Cl)C(=O)CN(c1cc(C)ccc1C)S(=O)(=O)N(C)C. The van der Waals surface area contributed by atoms with Gasteiger partial charge in [0.05, 0.1) is 5.69 Å². The summed E-state index contributed by atoms with van der Waals surface area (Å²) in [6.45, 7) is 5.71. The number of hydrogen-bond donors (Lipinski definition) is 1. The maximum absolute atomic E-state index is 14.4. The van der Waals surface area contributed by atoms with Gasteiger partial charge in [-0.1, -0.05) is 85.6 Å². The van der Waals surface area contributed by atoms with Crippen molar-refractivity contribution in [1.82, 2.24) is 14.5 Å². The van der Waals surface area contributed by atoms with E-state index < -0.39 is 28.7 Å². The number of amides is 2. The fraction of sp³-hybridized carbons (Fsp3) is 0.375. The highest BCUT2D eigenvalue weighted by molar-refractivity contribution is 7.90. The van der Waals surface area contributed by atoms with Gasteiger partial charge in [-0.3, -0.25) is 9.59 Å². The van der Waals surface area contributed by atoms with E-state index in [1.165, 1.54) is 19.0 Å². The second kappa shape index (κ2) is 15.2. The van der Waals surface area contributed by atoms with E-state index in [0.29, 0.717) is 28.4 Å². The number of benzene rings is 3. The van der Waals surface area contributed by atoms with E-state index in [2.05, 4.69) is 5.32 Å². The molecule has 0 fully saturated rings. The van der Waals surface area contributed by atoms with Crippen LogP contribution >= 0.6 is 11.6 Å². The molecule has 0 heterocycles. The Hall–Kier alpha value is -3.40. The molecule has 3 aromatic carbocycles. The molecular formula is C32H41ClN4O4S. The Balaban J connectivity index is 2.12. The molecule has 1 atom stereocenters. The smallest absolute Gasteiger partial charge is 0.304 e. The minimum absolute atomic E-state index is 0.0276. The number of hydrogen-bond acceptors (Lipinski definition) is 4. The molecule has 0 saturated carbocycles. The van der Waals surface area contributed by atoms with Crippen molar-refractivity contribution in [3.05, 3.63) is 100 Å². The zero-order valence-electron chi connectivity index (χ0n) is 25.0. The zero-order valence-corrected chi connectivity index (χ0v) is 26.6. The van der Waals surface area contributed by atoms with E-state index in [9.17, 15) is 18.0 Å². The van der Waals surface area contributed by atoms with Gasteiger partial charge in [0.25, 0.3) is 0 Å². The third-order valence-electron chi connectivity index (χ3n) is 7.05. The summed E-state index contributed by atoms with van der Waals surface area (Å²) in [6.07, 6.45) is 1.95. The van der Waals surface area contributed by atoms with Gasteiger partial charge in [0.1, 0.15) is 12.6 Å². The molecule has 42 heavy (non-hydrogen) atoms. The normalized spacial score (nSPS) is 12.2.